The fourth-order valence-corrected chi connectivity index (χ4v) is 5.87. The Kier molecular flexibility index (Phi) is 6.30. The number of benzene rings is 2. The van der Waals surface area contributed by atoms with Gasteiger partial charge < -0.3 is 9.15 Å². The Balaban J connectivity index is 1.96. The van der Waals surface area contributed by atoms with Crippen LogP contribution in [0.15, 0.2) is 75.1 Å². The van der Waals surface area contributed by atoms with Gasteiger partial charge in [0, 0.05) is 6.54 Å². The van der Waals surface area contributed by atoms with Crippen LogP contribution in [0.25, 0.3) is 0 Å². The number of hydrogen-bond donors (Lipinski definition) is 1. The zero-order valence-corrected chi connectivity index (χ0v) is 17.8. The maximum absolute atomic E-state index is 13.2. The molecule has 0 spiro atoms. The summed E-state index contributed by atoms with van der Waals surface area (Å²) in [7, 11) is -6.85. The molecule has 0 aliphatic rings. The van der Waals surface area contributed by atoms with Crippen LogP contribution < -0.4 is 9.46 Å². The van der Waals surface area contributed by atoms with Crippen LogP contribution in [0.1, 0.15) is 16.6 Å². The summed E-state index contributed by atoms with van der Waals surface area (Å²) in [5, 5.41) is -1.36. The minimum absolute atomic E-state index is 0.0539. The van der Waals surface area contributed by atoms with Gasteiger partial charge in [-0.15, -0.1) is 0 Å². The number of hydrogen-bond acceptors (Lipinski definition) is 6. The lowest BCUT2D eigenvalue weighted by molar-refractivity contribution is 0.402. The van der Waals surface area contributed by atoms with Crippen molar-refractivity contribution in [1.29, 1.82) is 0 Å². The highest BCUT2D eigenvalue weighted by atomic mass is 32.2. The summed E-state index contributed by atoms with van der Waals surface area (Å²) in [5.41, 5.74) is 0.692. The Morgan fingerprint density at radius 2 is 1.77 bits per heavy atom. The fraction of sp³-hybridized carbons (Fsp3) is 0.200. The first-order valence-electron chi connectivity index (χ1n) is 8.82. The third-order valence-corrected chi connectivity index (χ3v) is 7.97. The molecular weight excluding hydrogens is 433 g/mol. The van der Waals surface area contributed by atoms with E-state index in [0.29, 0.717) is 5.56 Å². The zero-order valence-electron chi connectivity index (χ0n) is 16.2. The van der Waals surface area contributed by atoms with Gasteiger partial charge >= 0.3 is 0 Å². The van der Waals surface area contributed by atoms with Gasteiger partial charge in [0.05, 0.1) is 18.3 Å². The lowest BCUT2D eigenvalue weighted by Gasteiger charge is -2.18. The molecule has 0 amide bonds. The van der Waals surface area contributed by atoms with Gasteiger partial charge in [0.2, 0.25) is 10.0 Å². The number of furan rings is 1. The molecule has 0 unspecified atom stereocenters. The molecule has 0 aliphatic heterocycles. The van der Waals surface area contributed by atoms with Gasteiger partial charge in [-0.25, -0.2) is 25.9 Å². The number of rotatable bonds is 8. The summed E-state index contributed by atoms with van der Waals surface area (Å²) in [6, 6.07) is 11.9. The van der Waals surface area contributed by atoms with E-state index >= 15 is 0 Å². The number of methoxy groups -OCH3 is 1. The maximum atomic E-state index is 13.2. The molecule has 7 nitrogen and oxygen atoms in total. The molecule has 1 aromatic heterocycles. The molecule has 1 heterocycles. The van der Waals surface area contributed by atoms with Gasteiger partial charge in [0.15, 0.2) is 9.84 Å². The molecule has 1 N–H and O–H groups in total. The van der Waals surface area contributed by atoms with E-state index in [1.54, 1.807) is 13.0 Å². The normalized spacial score (nSPS) is 13.2. The molecule has 10 heteroatoms. The fourth-order valence-electron chi connectivity index (χ4n) is 2.88. The van der Waals surface area contributed by atoms with Crippen molar-refractivity contribution in [1.82, 2.24) is 4.72 Å². The number of sulfone groups is 1. The Hall–Kier alpha value is -2.69. The van der Waals surface area contributed by atoms with Crippen LogP contribution in [0.3, 0.4) is 0 Å². The highest BCUT2D eigenvalue weighted by Gasteiger charge is 2.33. The van der Waals surface area contributed by atoms with E-state index < -0.39 is 37.5 Å². The van der Waals surface area contributed by atoms with Crippen LogP contribution in [0.5, 0.6) is 5.75 Å². The van der Waals surface area contributed by atoms with Crippen molar-refractivity contribution in [2.24, 2.45) is 0 Å². The molecule has 2 aromatic carbocycles. The van der Waals surface area contributed by atoms with Gasteiger partial charge in [-0.05, 0) is 61.0 Å². The number of sulfonamides is 1. The second-order valence-electron chi connectivity index (χ2n) is 6.51. The minimum Gasteiger partial charge on any atom is -0.495 e. The van der Waals surface area contributed by atoms with Gasteiger partial charge in [-0.1, -0.05) is 6.07 Å². The molecule has 0 aliphatic carbocycles. The molecule has 3 rings (SSSR count). The second kappa shape index (κ2) is 8.58. The van der Waals surface area contributed by atoms with Crippen LogP contribution in [-0.4, -0.2) is 30.5 Å². The zero-order chi connectivity index (χ0) is 21.9. The summed E-state index contributed by atoms with van der Waals surface area (Å²) in [6.45, 7) is 1.23. The summed E-state index contributed by atoms with van der Waals surface area (Å²) < 4.78 is 78.0. The van der Waals surface area contributed by atoms with Crippen molar-refractivity contribution in [3.05, 3.63) is 78.0 Å². The van der Waals surface area contributed by atoms with E-state index in [9.17, 15) is 21.2 Å². The van der Waals surface area contributed by atoms with Crippen LogP contribution in [0, 0.1) is 12.7 Å². The van der Waals surface area contributed by atoms with Crippen molar-refractivity contribution in [2.45, 2.75) is 22.0 Å². The third-order valence-electron chi connectivity index (χ3n) is 4.44. The van der Waals surface area contributed by atoms with Gasteiger partial charge in [-0.3, -0.25) is 0 Å². The van der Waals surface area contributed by atoms with E-state index in [2.05, 4.69) is 4.72 Å². The highest BCUT2D eigenvalue weighted by Crippen LogP contribution is 2.30. The molecule has 0 saturated heterocycles. The van der Waals surface area contributed by atoms with Crippen molar-refractivity contribution >= 4 is 19.9 Å². The highest BCUT2D eigenvalue weighted by molar-refractivity contribution is 7.92. The summed E-state index contributed by atoms with van der Waals surface area (Å²) in [6.07, 6.45) is 1.29. The van der Waals surface area contributed by atoms with Crippen molar-refractivity contribution in [3.8, 4) is 5.75 Å². The Bertz CT molecular complexity index is 1220. The van der Waals surface area contributed by atoms with Crippen molar-refractivity contribution < 1.29 is 30.4 Å². The average Bonchev–Trinajstić information content (AvgIpc) is 3.22. The quantitative estimate of drug-likeness (QED) is 0.526. The molecule has 1 atom stereocenters. The summed E-state index contributed by atoms with van der Waals surface area (Å²) in [4.78, 5) is -0.264. The summed E-state index contributed by atoms with van der Waals surface area (Å²) in [5.74, 6) is -0.405. The molecule has 3 aromatic rings. The van der Waals surface area contributed by atoms with Crippen LogP contribution in [-0.2, 0) is 19.9 Å². The lowest BCUT2D eigenvalue weighted by atomic mass is 10.2. The third kappa shape index (κ3) is 4.55. The lowest BCUT2D eigenvalue weighted by Crippen LogP contribution is -2.32. The molecular formula is C20H20FNO6S2. The van der Waals surface area contributed by atoms with E-state index in [-0.39, 0.29) is 21.3 Å². The SMILES string of the molecule is COc1ccc(C)cc1S(=O)(=O)NC[C@H](c1ccco1)S(=O)(=O)c1ccc(F)cc1. The monoisotopic (exact) mass is 453 g/mol. The van der Waals surface area contributed by atoms with Crippen molar-refractivity contribution in [2.75, 3.05) is 13.7 Å². The standard InChI is InChI=1S/C20H20FNO6S2/c1-14-5-10-17(27-2)19(12-14)30(25,26)22-13-20(18-4-3-11-28-18)29(23,24)16-8-6-15(21)7-9-16/h3-12,20,22H,13H2,1-2H3/t20-/m1/s1. The largest absolute Gasteiger partial charge is 0.495 e. The predicted molar refractivity (Wildman–Crippen MR) is 108 cm³/mol. The first-order chi connectivity index (χ1) is 14.1. The summed E-state index contributed by atoms with van der Waals surface area (Å²) >= 11 is 0. The predicted octanol–water partition coefficient (Wildman–Crippen LogP) is 3.23. The number of ether oxygens (including phenoxy) is 1. The van der Waals surface area contributed by atoms with Gasteiger partial charge in [0.1, 0.15) is 27.5 Å². The average molecular weight is 454 g/mol. The van der Waals surface area contributed by atoms with E-state index in [4.69, 9.17) is 9.15 Å². The number of nitrogens with one attached hydrogen (secondary N) is 1. The number of halogens is 1. The van der Waals surface area contributed by atoms with Crippen molar-refractivity contribution in [3.63, 3.8) is 0 Å². The van der Waals surface area contributed by atoms with E-state index in [0.717, 1.165) is 24.3 Å². The first-order valence-corrected chi connectivity index (χ1v) is 11.9. The molecule has 0 radical (unpaired) electrons. The van der Waals surface area contributed by atoms with E-state index in [1.165, 1.54) is 37.6 Å². The van der Waals surface area contributed by atoms with Crippen LogP contribution in [0.4, 0.5) is 4.39 Å². The smallest absolute Gasteiger partial charge is 0.244 e. The maximum Gasteiger partial charge on any atom is 0.244 e. The molecule has 0 fully saturated rings. The molecule has 0 saturated carbocycles. The van der Waals surface area contributed by atoms with E-state index in [1.807, 2.05) is 0 Å². The Labute approximate surface area is 174 Å². The first kappa shape index (κ1) is 22.0. The topological polar surface area (TPSA) is 103 Å². The van der Waals surface area contributed by atoms with Crippen LogP contribution >= 0.6 is 0 Å². The molecule has 30 heavy (non-hydrogen) atoms. The Morgan fingerprint density at radius 3 is 2.37 bits per heavy atom. The van der Waals surface area contributed by atoms with Gasteiger partial charge in [-0.2, -0.15) is 0 Å². The molecule has 160 valence electrons. The Morgan fingerprint density at radius 1 is 1.07 bits per heavy atom. The molecule has 0 bridgehead atoms. The van der Waals surface area contributed by atoms with Gasteiger partial charge in [0.25, 0.3) is 0 Å². The van der Waals surface area contributed by atoms with Crippen LogP contribution in [0.2, 0.25) is 0 Å². The second-order valence-corrected chi connectivity index (χ2v) is 10.4. The minimum atomic E-state index is -4.10. The number of aryl methyl sites for hydroxylation is 1.